The zero-order chi connectivity index (χ0) is 15.3. The molecule has 0 atom stereocenters. The molecule has 1 N–H and O–H groups in total. The molecule has 1 aromatic rings. The highest BCUT2D eigenvalue weighted by Crippen LogP contribution is 2.30. The quantitative estimate of drug-likeness (QED) is 0.835. The summed E-state index contributed by atoms with van der Waals surface area (Å²) >= 11 is 3.39. The van der Waals surface area contributed by atoms with E-state index in [1.165, 1.54) is 38.5 Å². The molecule has 0 spiro atoms. The summed E-state index contributed by atoms with van der Waals surface area (Å²) < 4.78 is 0.993. The first kappa shape index (κ1) is 16.5. The molecule has 1 aromatic carbocycles. The Labute approximate surface area is 136 Å². The fraction of sp³-hybridized carbons (Fsp3) is 0.588. The third-order valence-corrected chi connectivity index (χ3v) is 5.20. The molecule has 4 heteroatoms. The molecule has 116 valence electrons. The number of nitrogens with one attached hydrogen (secondary N) is 1. The second-order valence-corrected chi connectivity index (χ2v) is 7.14. The molecule has 0 saturated heterocycles. The van der Waals surface area contributed by atoms with Gasteiger partial charge in [-0.2, -0.15) is 0 Å². The Kier molecular flexibility index (Phi) is 5.82. The average molecular weight is 353 g/mol. The minimum atomic E-state index is 0.0213. The number of carbonyl (C=O) groups excluding carboxylic acids is 1. The maximum atomic E-state index is 12.3. The zero-order valence-electron chi connectivity index (χ0n) is 13.0. The molecule has 0 unspecified atom stereocenters. The molecule has 1 aliphatic carbocycles. The van der Waals surface area contributed by atoms with Crippen LogP contribution < -0.4 is 5.32 Å². The lowest BCUT2D eigenvalue weighted by atomic mass is 9.88. The fourth-order valence-electron chi connectivity index (χ4n) is 3.12. The SMILES string of the molecule is CN(C)C1(CNC(=O)c2ccc(Br)cc2)CCCCCC1. The molecule has 0 radical (unpaired) electrons. The smallest absolute Gasteiger partial charge is 0.251 e. The lowest BCUT2D eigenvalue weighted by molar-refractivity contribution is 0.0869. The lowest BCUT2D eigenvalue weighted by Gasteiger charge is -2.39. The number of rotatable bonds is 4. The minimum absolute atomic E-state index is 0.0213. The van der Waals surface area contributed by atoms with E-state index in [2.05, 4.69) is 40.2 Å². The van der Waals surface area contributed by atoms with E-state index in [1.54, 1.807) is 0 Å². The highest BCUT2D eigenvalue weighted by Gasteiger charge is 2.33. The van der Waals surface area contributed by atoms with Crippen LogP contribution in [-0.2, 0) is 0 Å². The summed E-state index contributed by atoms with van der Waals surface area (Å²) in [6.45, 7) is 0.731. The van der Waals surface area contributed by atoms with Crippen LogP contribution in [0.1, 0.15) is 48.9 Å². The largest absolute Gasteiger partial charge is 0.350 e. The number of carbonyl (C=O) groups is 1. The van der Waals surface area contributed by atoms with Crippen LogP contribution in [0.3, 0.4) is 0 Å². The standard InChI is InChI=1S/C17H25BrN2O/c1-20(2)17(11-5-3-4-6-12-17)13-19-16(21)14-7-9-15(18)10-8-14/h7-10H,3-6,11-13H2,1-2H3,(H,19,21). The number of likely N-dealkylation sites (N-methyl/N-ethyl adjacent to an activating group) is 1. The van der Waals surface area contributed by atoms with Crippen molar-refractivity contribution in [1.29, 1.82) is 0 Å². The van der Waals surface area contributed by atoms with Gasteiger partial charge in [-0.15, -0.1) is 0 Å². The van der Waals surface area contributed by atoms with Gasteiger partial charge < -0.3 is 10.2 Å². The van der Waals surface area contributed by atoms with Crippen LogP contribution >= 0.6 is 15.9 Å². The Morgan fingerprint density at radius 1 is 1.14 bits per heavy atom. The number of halogens is 1. The van der Waals surface area contributed by atoms with E-state index in [0.29, 0.717) is 0 Å². The molecule has 21 heavy (non-hydrogen) atoms. The summed E-state index contributed by atoms with van der Waals surface area (Å²) in [5.74, 6) is 0.0213. The van der Waals surface area contributed by atoms with Crippen LogP contribution in [0, 0.1) is 0 Å². The Morgan fingerprint density at radius 2 is 1.71 bits per heavy atom. The van der Waals surface area contributed by atoms with Crippen molar-refractivity contribution in [1.82, 2.24) is 10.2 Å². The second kappa shape index (κ2) is 7.41. The van der Waals surface area contributed by atoms with E-state index >= 15 is 0 Å². The van der Waals surface area contributed by atoms with Crippen molar-refractivity contribution in [3.8, 4) is 0 Å². The third kappa shape index (κ3) is 4.30. The minimum Gasteiger partial charge on any atom is -0.350 e. The lowest BCUT2D eigenvalue weighted by Crippen LogP contribution is -2.52. The first-order valence-electron chi connectivity index (χ1n) is 7.75. The summed E-state index contributed by atoms with van der Waals surface area (Å²) in [7, 11) is 4.27. The van der Waals surface area contributed by atoms with E-state index in [1.807, 2.05) is 24.3 Å². The normalized spacial score (nSPS) is 18.3. The second-order valence-electron chi connectivity index (χ2n) is 6.22. The molecule has 0 bridgehead atoms. The summed E-state index contributed by atoms with van der Waals surface area (Å²) in [4.78, 5) is 14.6. The van der Waals surface area contributed by atoms with Gasteiger partial charge in [0.25, 0.3) is 5.91 Å². The Morgan fingerprint density at radius 3 is 2.24 bits per heavy atom. The third-order valence-electron chi connectivity index (χ3n) is 4.67. The fourth-order valence-corrected chi connectivity index (χ4v) is 3.38. The Bertz CT molecular complexity index is 462. The highest BCUT2D eigenvalue weighted by atomic mass is 79.9. The van der Waals surface area contributed by atoms with E-state index in [0.717, 1.165) is 16.6 Å². The summed E-state index contributed by atoms with van der Waals surface area (Å²) in [5, 5.41) is 3.14. The summed E-state index contributed by atoms with van der Waals surface area (Å²) in [6.07, 6.45) is 7.48. The van der Waals surface area contributed by atoms with Crippen LogP contribution in [0.25, 0.3) is 0 Å². The molecular weight excluding hydrogens is 328 g/mol. The topological polar surface area (TPSA) is 32.3 Å². The van der Waals surface area contributed by atoms with E-state index in [9.17, 15) is 4.79 Å². The number of hydrogen-bond acceptors (Lipinski definition) is 2. The number of nitrogens with zero attached hydrogens (tertiary/aromatic N) is 1. The van der Waals surface area contributed by atoms with Gasteiger partial charge in [0, 0.05) is 22.1 Å². The molecule has 1 fully saturated rings. The average Bonchev–Trinajstić information content (AvgIpc) is 2.72. The molecule has 0 aliphatic heterocycles. The number of benzene rings is 1. The van der Waals surface area contributed by atoms with E-state index in [4.69, 9.17) is 0 Å². The summed E-state index contributed by atoms with van der Waals surface area (Å²) in [5.41, 5.74) is 0.836. The van der Waals surface area contributed by atoms with Crippen molar-refractivity contribution < 1.29 is 4.79 Å². The number of hydrogen-bond donors (Lipinski definition) is 1. The van der Waals surface area contributed by atoms with Gasteiger partial charge in [0.05, 0.1) is 0 Å². The molecular formula is C17H25BrN2O. The van der Waals surface area contributed by atoms with Gasteiger partial charge in [-0.25, -0.2) is 0 Å². The molecule has 2 rings (SSSR count). The van der Waals surface area contributed by atoms with Crippen molar-refractivity contribution in [3.63, 3.8) is 0 Å². The van der Waals surface area contributed by atoms with Crippen LogP contribution in [0.5, 0.6) is 0 Å². The van der Waals surface area contributed by atoms with Crippen LogP contribution in [-0.4, -0.2) is 37.0 Å². The number of amides is 1. The molecule has 1 saturated carbocycles. The predicted molar refractivity (Wildman–Crippen MR) is 90.6 cm³/mol. The van der Waals surface area contributed by atoms with Gasteiger partial charge in [0.2, 0.25) is 0 Å². The van der Waals surface area contributed by atoms with Crippen molar-refractivity contribution >= 4 is 21.8 Å². The van der Waals surface area contributed by atoms with Crippen molar-refractivity contribution in [2.75, 3.05) is 20.6 Å². The van der Waals surface area contributed by atoms with Crippen molar-refractivity contribution in [3.05, 3.63) is 34.3 Å². The van der Waals surface area contributed by atoms with Gasteiger partial charge in [0.15, 0.2) is 0 Å². The van der Waals surface area contributed by atoms with Gasteiger partial charge in [-0.05, 0) is 51.2 Å². The van der Waals surface area contributed by atoms with Crippen molar-refractivity contribution in [2.45, 2.75) is 44.1 Å². The highest BCUT2D eigenvalue weighted by molar-refractivity contribution is 9.10. The Balaban J connectivity index is 2.01. The maximum absolute atomic E-state index is 12.3. The van der Waals surface area contributed by atoms with E-state index in [-0.39, 0.29) is 11.4 Å². The van der Waals surface area contributed by atoms with Crippen molar-refractivity contribution in [2.24, 2.45) is 0 Å². The predicted octanol–water partition coefficient (Wildman–Crippen LogP) is 3.83. The monoisotopic (exact) mass is 352 g/mol. The molecule has 1 amide bonds. The van der Waals surface area contributed by atoms with Gasteiger partial charge in [-0.1, -0.05) is 41.6 Å². The van der Waals surface area contributed by atoms with E-state index < -0.39 is 0 Å². The van der Waals surface area contributed by atoms with Gasteiger partial charge in [-0.3, -0.25) is 4.79 Å². The molecule has 3 nitrogen and oxygen atoms in total. The Hall–Kier alpha value is -0.870. The molecule has 0 heterocycles. The zero-order valence-corrected chi connectivity index (χ0v) is 14.6. The first-order valence-corrected chi connectivity index (χ1v) is 8.54. The van der Waals surface area contributed by atoms with Gasteiger partial charge in [0.1, 0.15) is 0 Å². The van der Waals surface area contributed by atoms with Gasteiger partial charge >= 0.3 is 0 Å². The van der Waals surface area contributed by atoms with Crippen LogP contribution in [0.4, 0.5) is 0 Å². The molecule has 1 aliphatic rings. The summed E-state index contributed by atoms with van der Waals surface area (Å²) in [6, 6.07) is 7.52. The first-order chi connectivity index (χ1) is 10.0. The molecule has 0 aromatic heterocycles. The van der Waals surface area contributed by atoms with Crippen LogP contribution in [0.15, 0.2) is 28.7 Å². The maximum Gasteiger partial charge on any atom is 0.251 e. The van der Waals surface area contributed by atoms with Crippen LogP contribution in [0.2, 0.25) is 0 Å².